The third-order valence-electron chi connectivity index (χ3n) is 4.87. The highest BCUT2D eigenvalue weighted by atomic mass is 35.5. The first-order chi connectivity index (χ1) is 15.2. The van der Waals surface area contributed by atoms with Crippen LogP contribution in [0.3, 0.4) is 0 Å². The predicted molar refractivity (Wildman–Crippen MR) is 115 cm³/mol. The van der Waals surface area contributed by atoms with Crippen LogP contribution in [0.4, 0.5) is 18.9 Å². The molecule has 0 saturated heterocycles. The number of hydrogen-bond acceptors (Lipinski definition) is 6. The first kappa shape index (κ1) is 22.3. The average molecular weight is 484 g/mol. The van der Waals surface area contributed by atoms with Gasteiger partial charge >= 0.3 is 6.18 Å². The molecule has 1 aliphatic rings. The number of hydrogen-bond donors (Lipinski definition) is 2. The molecule has 0 aliphatic carbocycles. The normalized spacial score (nSPS) is 17.9. The Bertz CT molecular complexity index is 1150. The zero-order chi connectivity index (χ0) is 23.0. The van der Waals surface area contributed by atoms with Gasteiger partial charge in [0.2, 0.25) is 11.1 Å². The minimum absolute atomic E-state index is 0.0102. The van der Waals surface area contributed by atoms with E-state index in [-0.39, 0.29) is 5.69 Å². The standard InChI is InChI=1S/C20H17ClF3N5O2S/c1-10-26-27-19-29(10)28-16(11-3-6-13(31-2)7-4-11)17(32-19)18(30)25-12-5-8-15(21)14(9-12)20(22,23)24/h3-9,16-17,28H,1-2H3,(H,25,30)/t16-,17-/m0/s1. The molecule has 2 N–H and O–H groups in total. The number of thioether (sulfide) groups is 1. The van der Waals surface area contributed by atoms with Crippen molar-refractivity contribution in [1.82, 2.24) is 14.9 Å². The van der Waals surface area contributed by atoms with Crippen molar-refractivity contribution >= 4 is 35.0 Å². The van der Waals surface area contributed by atoms with E-state index in [4.69, 9.17) is 16.3 Å². The van der Waals surface area contributed by atoms with E-state index < -0.39 is 34.0 Å². The van der Waals surface area contributed by atoms with Crippen molar-refractivity contribution < 1.29 is 22.7 Å². The molecule has 4 rings (SSSR count). The smallest absolute Gasteiger partial charge is 0.417 e. The number of aromatic nitrogens is 3. The molecule has 32 heavy (non-hydrogen) atoms. The molecule has 12 heteroatoms. The summed E-state index contributed by atoms with van der Waals surface area (Å²) in [6, 6.07) is 9.88. The maximum absolute atomic E-state index is 13.2. The van der Waals surface area contributed by atoms with Gasteiger partial charge in [-0.1, -0.05) is 35.5 Å². The number of alkyl halides is 3. The number of anilines is 1. The lowest BCUT2D eigenvalue weighted by atomic mass is 10.0. The Morgan fingerprint density at radius 1 is 1.22 bits per heavy atom. The third kappa shape index (κ3) is 4.35. The Kier molecular flexibility index (Phi) is 5.95. The number of nitrogens with zero attached hydrogens (tertiary/aromatic N) is 3. The van der Waals surface area contributed by atoms with Gasteiger partial charge in [-0.3, -0.25) is 4.79 Å². The molecular formula is C20H17ClF3N5O2S. The molecule has 1 aromatic heterocycles. The summed E-state index contributed by atoms with van der Waals surface area (Å²) in [5.74, 6) is 0.767. The molecule has 168 valence electrons. The average Bonchev–Trinajstić information content (AvgIpc) is 3.13. The highest BCUT2D eigenvalue weighted by Gasteiger charge is 2.38. The molecule has 1 aliphatic heterocycles. The van der Waals surface area contributed by atoms with E-state index in [1.165, 1.54) is 17.8 Å². The number of carbonyl (C=O) groups is 1. The third-order valence-corrected chi connectivity index (χ3v) is 6.42. The molecule has 0 spiro atoms. The van der Waals surface area contributed by atoms with Gasteiger partial charge in [-0.05, 0) is 42.8 Å². The van der Waals surface area contributed by atoms with Crippen LogP contribution in [0.15, 0.2) is 47.6 Å². The fourth-order valence-corrected chi connectivity index (χ4v) is 4.61. The van der Waals surface area contributed by atoms with Crippen LogP contribution in [0.1, 0.15) is 23.0 Å². The highest BCUT2D eigenvalue weighted by Crippen LogP contribution is 2.39. The number of rotatable bonds is 4. The van der Waals surface area contributed by atoms with Crippen molar-refractivity contribution in [2.24, 2.45) is 0 Å². The minimum atomic E-state index is -4.64. The number of methoxy groups -OCH3 is 1. The summed E-state index contributed by atoms with van der Waals surface area (Å²) >= 11 is 6.84. The summed E-state index contributed by atoms with van der Waals surface area (Å²) in [4.78, 5) is 13.2. The van der Waals surface area contributed by atoms with Crippen molar-refractivity contribution in [2.45, 2.75) is 29.5 Å². The Morgan fingerprint density at radius 3 is 2.59 bits per heavy atom. The Labute approximate surface area is 190 Å². The van der Waals surface area contributed by atoms with Gasteiger partial charge < -0.3 is 15.5 Å². The Balaban J connectivity index is 1.65. The number of amides is 1. The van der Waals surface area contributed by atoms with E-state index >= 15 is 0 Å². The maximum Gasteiger partial charge on any atom is 0.417 e. The van der Waals surface area contributed by atoms with Crippen LogP contribution in [0, 0.1) is 6.92 Å². The zero-order valence-corrected chi connectivity index (χ0v) is 18.3. The van der Waals surface area contributed by atoms with Gasteiger partial charge in [0.25, 0.3) is 0 Å². The molecule has 7 nitrogen and oxygen atoms in total. The molecule has 2 heterocycles. The van der Waals surface area contributed by atoms with E-state index in [2.05, 4.69) is 20.9 Å². The van der Waals surface area contributed by atoms with Gasteiger partial charge in [-0.15, -0.1) is 10.2 Å². The van der Waals surface area contributed by atoms with Crippen molar-refractivity contribution in [2.75, 3.05) is 17.9 Å². The lowest BCUT2D eigenvalue weighted by Crippen LogP contribution is -2.41. The topological polar surface area (TPSA) is 81.1 Å². The summed E-state index contributed by atoms with van der Waals surface area (Å²) in [5, 5.41) is 9.93. The van der Waals surface area contributed by atoms with Gasteiger partial charge in [0.15, 0.2) is 0 Å². The molecule has 2 atom stereocenters. The van der Waals surface area contributed by atoms with Crippen LogP contribution in [-0.4, -0.2) is 33.1 Å². The van der Waals surface area contributed by atoms with Crippen molar-refractivity contribution in [3.63, 3.8) is 0 Å². The van der Waals surface area contributed by atoms with Crippen LogP contribution in [-0.2, 0) is 11.0 Å². The number of ether oxygens (including phenoxy) is 1. The summed E-state index contributed by atoms with van der Waals surface area (Å²) in [5.41, 5.74) is 2.98. The van der Waals surface area contributed by atoms with Crippen molar-refractivity contribution in [3.05, 3.63) is 64.4 Å². The summed E-state index contributed by atoms with van der Waals surface area (Å²) in [6.45, 7) is 1.77. The number of aryl methyl sites for hydroxylation is 1. The first-order valence-corrected chi connectivity index (χ1v) is 10.6. The van der Waals surface area contributed by atoms with Crippen molar-refractivity contribution in [3.8, 4) is 5.75 Å². The fourth-order valence-electron chi connectivity index (χ4n) is 3.26. The largest absolute Gasteiger partial charge is 0.497 e. The molecule has 0 fully saturated rings. The molecule has 0 bridgehead atoms. The Hall–Kier alpha value is -2.92. The second-order valence-corrected chi connectivity index (χ2v) is 8.48. The van der Waals surface area contributed by atoms with E-state index in [0.717, 1.165) is 17.7 Å². The van der Waals surface area contributed by atoms with Gasteiger partial charge in [-0.2, -0.15) is 13.2 Å². The van der Waals surface area contributed by atoms with E-state index in [1.807, 2.05) is 12.1 Å². The van der Waals surface area contributed by atoms with E-state index in [9.17, 15) is 18.0 Å². The summed E-state index contributed by atoms with van der Waals surface area (Å²) in [6.07, 6.45) is -4.64. The molecule has 0 saturated carbocycles. The molecule has 0 radical (unpaired) electrons. The van der Waals surface area contributed by atoms with Gasteiger partial charge in [0.1, 0.15) is 16.8 Å². The number of nitrogens with one attached hydrogen (secondary N) is 2. The predicted octanol–water partition coefficient (Wildman–Crippen LogP) is 4.67. The first-order valence-electron chi connectivity index (χ1n) is 9.34. The fraction of sp³-hybridized carbons (Fsp3) is 0.250. The SMILES string of the molecule is COc1ccc([C@@H]2Nn3c(C)nnc3S[C@@H]2C(=O)Nc2ccc(Cl)c(C(F)(F)F)c2)cc1. The second kappa shape index (κ2) is 8.55. The molecule has 1 amide bonds. The number of fused-ring (bicyclic) bond motifs is 1. The molecular weight excluding hydrogens is 467 g/mol. The van der Waals surface area contributed by atoms with E-state index in [0.29, 0.717) is 16.7 Å². The minimum Gasteiger partial charge on any atom is -0.497 e. The second-order valence-electron chi connectivity index (χ2n) is 6.97. The van der Waals surface area contributed by atoms with Gasteiger partial charge in [0, 0.05) is 5.69 Å². The van der Waals surface area contributed by atoms with Crippen LogP contribution < -0.4 is 15.5 Å². The van der Waals surface area contributed by atoms with Crippen LogP contribution in [0.25, 0.3) is 0 Å². The quantitative estimate of drug-likeness (QED) is 0.561. The monoisotopic (exact) mass is 483 g/mol. The number of carbonyl (C=O) groups excluding carboxylic acids is 1. The lowest BCUT2D eigenvalue weighted by molar-refractivity contribution is -0.137. The molecule has 2 aromatic carbocycles. The Morgan fingerprint density at radius 2 is 1.94 bits per heavy atom. The summed E-state index contributed by atoms with van der Waals surface area (Å²) in [7, 11) is 1.55. The zero-order valence-electron chi connectivity index (χ0n) is 16.8. The van der Waals surface area contributed by atoms with Crippen LogP contribution in [0.5, 0.6) is 5.75 Å². The van der Waals surface area contributed by atoms with E-state index in [1.54, 1.807) is 30.8 Å². The number of benzene rings is 2. The van der Waals surface area contributed by atoms with Crippen LogP contribution >= 0.6 is 23.4 Å². The molecule has 0 unspecified atom stereocenters. The maximum atomic E-state index is 13.2. The van der Waals surface area contributed by atoms with Crippen molar-refractivity contribution in [1.29, 1.82) is 0 Å². The lowest BCUT2D eigenvalue weighted by Gasteiger charge is -2.32. The number of halogens is 4. The highest BCUT2D eigenvalue weighted by molar-refractivity contribution is 8.00. The van der Waals surface area contributed by atoms with Gasteiger partial charge in [0.05, 0.1) is 23.7 Å². The summed E-state index contributed by atoms with van der Waals surface area (Å²) < 4.78 is 46.4. The molecule has 3 aromatic rings. The van der Waals surface area contributed by atoms with Gasteiger partial charge in [-0.25, -0.2) is 4.68 Å². The van der Waals surface area contributed by atoms with Crippen LogP contribution in [0.2, 0.25) is 5.02 Å².